The normalized spacial score (nSPS) is 15.4. The first-order chi connectivity index (χ1) is 14.6. The summed E-state index contributed by atoms with van der Waals surface area (Å²) in [5.74, 6) is -0.356. The Morgan fingerprint density at radius 3 is 2.77 bits per heavy atom. The minimum Gasteiger partial charge on any atom is -0.462 e. The third-order valence-electron chi connectivity index (χ3n) is 5.57. The molecule has 0 aliphatic carbocycles. The Morgan fingerprint density at radius 2 is 2.07 bits per heavy atom. The van der Waals surface area contributed by atoms with Crippen LogP contribution in [0.5, 0.6) is 0 Å². The van der Waals surface area contributed by atoms with E-state index in [1.54, 1.807) is 10.9 Å². The summed E-state index contributed by atoms with van der Waals surface area (Å²) in [7, 11) is 1.87. The Balaban J connectivity index is 1.53. The lowest BCUT2D eigenvalue weighted by atomic mass is 10.0. The van der Waals surface area contributed by atoms with E-state index in [2.05, 4.69) is 31.3 Å². The number of carbonyl (C=O) groups is 1. The van der Waals surface area contributed by atoms with Crippen molar-refractivity contribution < 1.29 is 9.53 Å². The van der Waals surface area contributed by atoms with Gasteiger partial charge in [-0.05, 0) is 38.8 Å². The number of pyridine rings is 2. The molecule has 0 saturated carbocycles. The number of aromatic nitrogens is 4. The van der Waals surface area contributed by atoms with Gasteiger partial charge >= 0.3 is 5.97 Å². The molecule has 0 atom stereocenters. The van der Waals surface area contributed by atoms with Gasteiger partial charge in [0.05, 0.1) is 29.1 Å². The number of piperidine rings is 1. The number of esters is 1. The van der Waals surface area contributed by atoms with Gasteiger partial charge in [-0.1, -0.05) is 6.07 Å². The van der Waals surface area contributed by atoms with Gasteiger partial charge in [0.2, 0.25) is 0 Å². The number of nitrogens with zero attached hydrogens (tertiary/aromatic N) is 5. The number of hydrogen-bond donors (Lipinski definition) is 1. The van der Waals surface area contributed by atoms with Crippen LogP contribution in [0.3, 0.4) is 0 Å². The highest BCUT2D eigenvalue weighted by molar-refractivity contribution is 6.05. The molecular formula is C22H28N6O2. The van der Waals surface area contributed by atoms with Crippen molar-refractivity contribution in [3.63, 3.8) is 0 Å². The molecule has 1 fully saturated rings. The topological polar surface area (TPSA) is 85.2 Å². The first kappa shape index (κ1) is 20.3. The van der Waals surface area contributed by atoms with Crippen LogP contribution in [0.2, 0.25) is 0 Å². The smallest absolute Gasteiger partial charge is 0.341 e. The van der Waals surface area contributed by atoms with Crippen LogP contribution in [0.15, 0.2) is 30.6 Å². The number of fused-ring (bicyclic) bond motifs is 1. The first-order valence-electron chi connectivity index (χ1n) is 10.4. The van der Waals surface area contributed by atoms with Crippen molar-refractivity contribution in [1.82, 2.24) is 24.6 Å². The van der Waals surface area contributed by atoms with Crippen molar-refractivity contribution >= 4 is 22.7 Å². The average Bonchev–Trinajstić information content (AvgIpc) is 3.04. The molecule has 8 nitrogen and oxygen atoms in total. The van der Waals surface area contributed by atoms with E-state index in [-0.39, 0.29) is 12.0 Å². The van der Waals surface area contributed by atoms with Crippen LogP contribution in [0, 0.1) is 6.92 Å². The second kappa shape index (κ2) is 8.79. The van der Waals surface area contributed by atoms with Crippen molar-refractivity contribution in [2.45, 2.75) is 39.3 Å². The van der Waals surface area contributed by atoms with Gasteiger partial charge in [-0.25, -0.2) is 9.78 Å². The molecule has 0 spiro atoms. The monoisotopic (exact) mass is 408 g/mol. The fourth-order valence-corrected chi connectivity index (χ4v) is 4.09. The van der Waals surface area contributed by atoms with Gasteiger partial charge in [0.1, 0.15) is 5.56 Å². The highest BCUT2D eigenvalue weighted by atomic mass is 16.5. The van der Waals surface area contributed by atoms with Crippen LogP contribution in [0.4, 0.5) is 5.69 Å². The molecule has 8 heteroatoms. The number of hydrogen-bond acceptors (Lipinski definition) is 7. The van der Waals surface area contributed by atoms with Crippen molar-refractivity contribution in [3.8, 4) is 0 Å². The van der Waals surface area contributed by atoms with Gasteiger partial charge < -0.3 is 10.1 Å². The molecule has 3 aromatic rings. The van der Waals surface area contributed by atoms with Crippen LogP contribution >= 0.6 is 0 Å². The van der Waals surface area contributed by atoms with E-state index >= 15 is 0 Å². The Morgan fingerprint density at radius 1 is 1.27 bits per heavy atom. The summed E-state index contributed by atoms with van der Waals surface area (Å²) >= 11 is 0. The quantitative estimate of drug-likeness (QED) is 0.628. The second-order valence-corrected chi connectivity index (χ2v) is 7.69. The van der Waals surface area contributed by atoms with Crippen LogP contribution in [-0.4, -0.2) is 56.4 Å². The zero-order valence-corrected chi connectivity index (χ0v) is 17.8. The molecule has 4 heterocycles. The van der Waals surface area contributed by atoms with Gasteiger partial charge in [0.25, 0.3) is 0 Å². The molecule has 0 bridgehead atoms. The number of rotatable bonds is 6. The molecule has 0 unspecified atom stereocenters. The molecule has 0 aromatic carbocycles. The second-order valence-electron chi connectivity index (χ2n) is 7.69. The van der Waals surface area contributed by atoms with E-state index in [0.29, 0.717) is 12.2 Å². The molecule has 30 heavy (non-hydrogen) atoms. The third-order valence-corrected chi connectivity index (χ3v) is 5.57. The molecule has 3 aromatic heterocycles. The summed E-state index contributed by atoms with van der Waals surface area (Å²) in [5, 5.41) is 9.02. The number of likely N-dealkylation sites (tertiary alicyclic amines) is 1. The first-order valence-corrected chi connectivity index (χ1v) is 10.4. The highest BCUT2D eigenvalue weighted by Gasteiger charge is 2.25. The largest absolute Gasteiger partial charge is 0.462 e. The summed E-state index contributed by atoms with van der Waals surface area (Å²) in [5.41, 5.74) is 3.95. The Kier molecular flexibility index (Phi) is 5.94. The lowest BCUT2D eigenvalue weighted by Gasteiger charge is -2.33. The van der Waals surface area contributed by atoms with Crippen molar-refractivity contribution in [3.05, 3.63) is 47.5 Å². The summed E-state index contributed by atoms with van der Waals surface area (Å²) in [6, 6.07) is 6.30. The Hall–Kier alpha value is -3.00. The van der Waals surface area contributed by atoms with Gasteiger partial charge in [0, 0.05) is 45.1 Å². The zero-order valence-electron chi connectivity index (χ0n) is 17.8. The summed E-state index contributed by atoms with van der Waals surface area (Å²) in [4.78, 5) is 23.9. The molecule has 1 aliphatic rings. The van der Waals surface area contributed by atoms with Crippen LogP contribution < -0.4 is 5.32 Å². The molecule has 0 radical (unpaired) electrons. The van der Waals surface area contributed by atoms with E-state index in [1.807, 2.05) is 39.2 Å². The van der Waals surface area contributed by atoms with Crippen molar-refractivity contribution in [2.75, 3.05) is 25.0 Å². The Labute approximate surface area is 176 Å². The maximum Gasteiger partial charge on any atom is 0.341 e. The van der Waals surface area contributed by atoms with E-state index in [1.165, 1.54) is 0 Å². The van der Waals surface area contributed by atoms with Crippen molar-refractivity contribution in [2.24, 2.45) is 7.05 Å². The molecule has 4 rings (SSSR count). The van der Waals surface area contributed by atoms with Crippen LogP contribution in [-0.2, 0) is 18.3 Å². The van der Waals surface area contributed by atoms with E-state index in [4.69, 9.17) is 4.74 Å². The highest BCUT2D eigenvalue weighted by Crippen LogP contribution is 2.31. The number of aryl methyl sites for hydroxylation is 2. The zero-order chi connectivity index (χ0) is 21.1. The number of ether oxygens (including phenoxy) is 1. The van der Waals surface area contributed by atoms with Crippen molar-refractivity contribution in [1.29, 1.82) is 0 Å². The van der Waals surface area contributed by atoms with E-state index in [9.17, 15) is 4.79 Å². The maximum absolute atomic E-state index is 12.6. The molecule has 1 saturated heterocycles. The number of anilines is 1. The van der Waals surface area contributed by atoms with Crippen LogP contribution in [0.1, 0.15) is 41.5 Å². The van der Waals surface area contributed by atoms with Gasteiger partial charge in [-0.15, -0.1) is 0 Å². The number of carbonyl (C=O) groups excluding carboxylic acids is 1. The lowest BCUT2D eigenvalue weighted by Crippen LogP contribution is -2.39. The fraction of sp³-hybridized carbons (Fsp3) is 0.455. The fourth-order valence-electron chi connectivity index (χ4n) is 4.09. The summed E-state index contributed by atoms with van der Waals surface area (Å²) < 4.78 is 7.03. The standard InChI is InChI=1S/C22H28N6O2/c1-4-30-22(29)18-13-24-21-19(15(2)26-27(21)3)20(18)25-16-8-11-28(12-9-16)14-17-7-5-6-10-23-17/h5-7,10,13,16H,4,8-9,11-12,14H2,1-3H3,(H,24,25). The average molecular weight is 409 g/mol. The molecule has 1 N–H and O–H groups in total. The van der Waals surface area contributed by atoms with E-state index < -0.39 is 0 Å². The van der Waals surface area contributed by atoms with Crippen LogP contribution in [0.25, 0.3) is 11.0 Å². The minimum atomic E-state index is -0.356. The van der Waals surface area contributed by atoms with E-state index in [0.717, 1.165) is 60.6 Å². The number of nitrogens with one attached hydrogen (secondary N) is 1. The Bertz CT molecular complexity index is 1030. The lowest BCUT2D eigenvalue weighted by molar-refractivity contribution is 0.0527. The molecule has 0 amide bonds. The SMILES string of the molecule is CCOC(=O)c1cnc2c(c(C)nn2C)c1NC1CCN(Cc2ccccn2)CC1. The maximum atomic E-state index is 12.6. The van der Waals surface area contributed by atoms with Gasteiger partial charge in [0.15, 0.2) is 5.65 Å². The molecule has 158 valence electrons. The molecular weight excluding hydrogens is 380 g/mol. The predicted octanol–water partition coefficient (Wildman–Crippen LogP) is 2.92. The predicted molar refractivity (Wildman–Crippen MR) is 115 cm³/mol. The van der Waals surface area contributed by atoms with Gasteiger partial charge in [-0.2, -0.15) is 5.10 Å². The third kappa shape index (κ3) is 4.14. The summed E-state index contributed by atoms with van der Waals surface area (Å²) in [6.07, 6.45) is 5.40. The minimum absolute atomic E-state index is 0.267. The molecule has 1 aliphatic heterocycles. The summed E-state index contributed by atoms with van der Waals surface area (Å²) in [6.45, 7) is 6.90. The van der Waals surface area contributed by atoms with Gasteiger partial charge in [-0.3, -0.25) is 14.6 Å².